The standard InChI is InChI=1S/C21H27N3O2/c1-4-26-21(25)18-10-12-24(13-11-18)20-16(3)15(2)19(22-23-20)14-17-8-6-5-7-9-17/h5-9,18H,4,10-14H2,1-3H3. The van der Waals surface area contributed by atoms with Crippen LogP contribution in [0.25, 0.3) is 0 Å². The third-order valence-electron chi connectivity index (χ3n) is 5.23. The van der Waals surface area contributed by atoms with E-state index in [2.05, 4.69) is 41.1 Å². The Bertz CT molecular complexity index is 753. The Balaban J connectivity index is 1.70. The minimum absolute atomic E-state index is 0.0120. The molecule has 0 bridgehead atoms. The first-order chi connectivity index (χ1) is 12.6. The second-order valence-electron chi connectivity index (χ2n) is 6.90. The minimum atomic E-state index is -0.0654. The maximum Gasteiger partial charge on any atom is 0.309 e. The molecule has 5 nitrogen and oxygen atoms in total. The smallest absolute Gasteiger partial charge is 0.309 e. The number of carbonyl (C=O) groups excluding carboxylic acids is 1. The lowest BCUT2D eigenvalue weighted by Gasteiger charge is -2.32. The van der Waals surface area contributed by atoms with Crippen molar-refractivity contribution < 1.29 is 9.53 Å². The summed E-state index contributed by atoms with van der Waals surface area (Å²) < 4.78 is 5.15. The third-order valence-corrected chi connectivity index (χ3v) is 5.23. The van der Waals surface area contributed by atoms with E-state index < -0.39 is 0 Å². The third kappa shape index (κ3) is 4.03. The van der Waals surface area contributed by atoms with Gasteiger partial charge < -0.3 is 9.64 Å². The van der Waals surface area contributed by atoms with Crippen LogP contribution in [-0.4, -0.2) is 35.9 Å². The molecule has 3 rings (SSSR count). The van der Waals surface area contributed by atoms with Crippen molar-refractivity contribution in [3.05, 3.63) is 52.7 Å². The van der Waals surface area contributed by atoms with E-state index >= 15 is 0 Å². The fraction of sp³-hybridized carbons (Fsp3) is 0.476. The van der Waals surface area contributed by atoms with Gasteiger partial charge in [-0.1, -0.05) is 30.3 Å². The SMILES string of the molecule is CCOC(=O)C1CCN(c2nnc(Cc3ccccc3)c(C)c2C)CC1. The van der Waals surface area contributed by atoms with E-state index in [0.717, 1.165) is 43.9 Å². The van der Waals surface area contributed by atoms with Gasteiger partial charge in [-0.25, -0.2) is 0 Å². The molecular formula is C21H27N3O2. The van der Waals surface area contributed by atoms with Crippen molar-refractivity contribution >= 4 is 11.8 Å². The Hall–Kier alpha value is -2.43. The summed E-state index contributed by atoms with van der Waals surface area (Å²) in [7, 11) is 0. The molecule has 2 heterocycles. The Labute approximate surface area is 155 Å². The summed E-state index contributed by atoms with van der Waals surface area (Å²) in [5, 5.41) is 9.03. The van der Waals surface area contributed by atoms with Crippen molar-refractivity contribution in [3.63, 3.8) is 0 Å². The molecule has 26 heavy (non-hydrogen) atoms. The molecule has 0 N–H and O–H groups in total. The Morgan fingerprint density at radius 2 is 1.81 bits per heavy atom. The number of rotatable bonds is 5. The molecule has 0 atom stereocenters. The van der Waals surface area contributed by atoms with Crippen molar-refractivity contribution in [2.75, 3.05) is 24.6 Å². The minimum Gasteiger partial charge on any atom is -0.466 e. The van der Waals surface area contributed by atoms with Gasteiger partial charge in [0, 0.05) is 19.5 Å². The molecule has 2 aromatic rings. The molecule has 138 valence electrons. The van der Waals surface area contributed by atoms with Crippen LogP contribution in [0.4, 0.5) is 5.82 Å². The van der Waals surface area contributed by atoms with E-state index in [1.807, 2.05) is 25.1 Å². The highest BCUT2D eigenvalue weighted by molar-refractivity contribution is 5.72. The van der Waals surface area contributed by atoms with Crippen molar-refractivity contribution in [1.82, 2.24) is 10.2 Å². The molecule has 0 aliphatic carbocycles. The molecule has 0 radical (unpaired) electrons. The average molecular weight is 353 g/mol. The Morgan fingerprint density at radius 1 is 1.12 bits per heavy atom. The molecule has 0 spiro atoms. The largest absolute Gasteiger partial charge is 0.466 e. The first-order valence-electron chi connectivity index (χ1n) is 9.38. The van der Waals surface area contributed by atoms with Gasteiger partial charge in [-0.3, -0.25) is 4.79 Å². The number of esters is 1. The average Bonchev–Trinajstić information content (AvgIpc) is 2.67. The van der Waals surface area contributed by atoms with Crippen molar-refractivity contribution in [2.45, 2.75) is 40.0 Å². The highest BCUT2D eigenvalue weighted by Crippen LogP contribution is 2.27. The zero-order valence-electron chi connectivity index (χ0n) is 15.9. The van der Waals surface area contributed by atoms with Crippen LogP contribution in [0.15, 0.2) is 30.3 Å². The van der Waals surface area contributed by atoms with Crippen molar-refractivity contribution in [2.24, 2.45) is 5.92 Å². The van der Waals surface area contributed by atoms with E-state index in [9.17, 15) is 4.79 Å². The molecule has 0 amide bonds. The summed E-state index contributed by atoms with van der Waals surface area (Å²) in [6.07, 6.45) is 2.42. The van der Waals surface area contributed by atoms with Crippen molar-refractivity contribution in [1.29, 1.82) is 0 Å². The zero-order valence-corrected chi connectivity index (χ0v) is 15.9. The number of hydrogen-bond donors (Lipinski definition) is 0. The van der Waals surface area contributed by atoms with Gasteiger partial charge in [0.2, 0.25) is 0 Å². The molecule has 1 fully saturated rings. The molecule has 1 aliphatic rings. The number of nitrogens with zero attached hydrogens (tertiary/aromatic N) is 3. The fourth-order valence-corrected chi connectivity index (χ4v) is 3.49. The molecule has 1 aliphatic heterocycles. The molecule has 1 saturated heterocycles. The van der Waals surface area contributed by atoms with Crippen LogP contribution in [0.3, 0.4) is 0 Å². The van der Waals surface area contributed by atoms with E-state index in [1.165, 1.54) is 16.7 Å². The van der Waals surface area contributed by atoms with Crippen LogP contribution in [0.2, 0.25) is 0 Å². The van der Waals surface area contributed by atoms with Gasteiger partial charge in [0.05, 0.1) is 18.2 Å². The summed E-state index contributed by atoms with van der Waals surface area (Å²) >= 11 is 0. The summed E-state index contributed by atoms with van der Waals surface area (Å²) in [4.78, 5) is 14.2. The first kappa shape index (κ1) is 18.4. The number of hydrogen-bond acceptors (Lipinski definition) is 5. The van der Waals surface area contributed by atoms with Gasteiger partial charge in [-0.15, -0.1) is 5.10 Å². The van der Waals surface area contributed by atoms with Crippen LogP contribution in [0.1, 0.15) is 42.1 Å². The van der Waals surface area contributed by atoms with Crippen LogP contribution in [-0.2, 0) is 16.0 Å². The maximum atomic E-state index is 11.9. The molecule has 0 saturated carbocycles. The van der Waals surface area contributed by atoms with Crippen LogP contribution in [0, 0.1) is 19.8 Å². The number of benzene rings is 1. The van der Waals surface area contributed by atoms with Gasteiger partial charge in [0.15, 0.2) is 5.82 Å². The Morgan fingerprint density at radius 3 is 2.46 bits per heavy atom. The predicted octanol–water partition coefficient (Wildman–Crippen LogP) is 3.46. The number of piperidine rings is 1. The van der Waals surface area contributed by atoms with Gasteiger partial charge >= 0.3 is 5.97 Å². The van der Waals surface area contributed by atoms with Gasteiger partial charge in [-0.05, 0) is 50.3 Å². The molecule has 0 unspecified atom stereocenters. The number of carbonyl (C=O) groups is 1. The van der Waals surface area contributed by atoms with E-state index in [4.69, 9.17) is 4.74 Å². The van der Waals surface area contributed by atoms with Crippen molar-refractivity contribution in [3.8, 4) is 0 Å². The highest BCUT2D eigenvalue weighted by atomic mass is 16.5. The highest BCUT2D eigenvalue weighted by Gasteiger charge is 2.27. The lowest BCUT2D eigenvalue weighted by atomic mass is 9.96. The van der Waals surface area contributed by atoms with Gasteiger partial charge in [0.25, 0.3) is 0 Å². The summed E-state index contributed by atoms with van der Waals surface area (Å²) in [6, 6.07) is 10.4. The number of anilines is 1. The molecule has 1 aromatic heterocycles. The van der Waals surface area contributed by atoms with E-state index in [-0.39, 0.29) is 11.9 Å². The molecule has 5 heteroatoms. The predicted molar refractivity (Wildman–Crippen MR) is 102 cm³/mol. The van der Waals surface area contributed by atoms with Crippen LogP contribution >= 0.6 is 0 Å². The zero-order chi connectivity index (χ0) is 18.5. The Kier molecular flexibility index (Phi) is 5.86. The summed E-state index contributed by atoms with van der Waals surface area (Å²) in [5.41, 5.74) is 4.65. The van der Waals surface area contributed by atoms with Gasteiger partial charge in [-0.2, -0.15) is 5.10 Å². The van der Waals surface area contributed by atoms with Crippen LogP contribution in [0.5, 0.6) is 0 Å². The summed E-state index contributed by atoms with van der Waals surface area (Å²) in [6.45, 7) is 8.17. The number of ether oxygens (including phenoxy) is 1. The fourth-order valence-electron chi connectivity index (χ4n) is 3.49. The summed E-state index contributed by atoms with van der Waals surface area (Å²) in [5.74, 6) is 0.892. The topological polar surface area (TPSA) is 55.3 Å². The second-order valence-corrected chi connectivity index (χ2v) is 6.90. The molecular weight excluding hydrogens is 326 g/mol. The van der Waals surface area contributed by atoms with Gasteiger partial charge in [0.1, 0.15) is 0 Å². The second kappa shape index (κ2) is 8.30. The maximum absolute atomic E-state index is 11.9. The monoisotopic (exact) mass is 353 g/mol. The quantitative estimate of drug-likeness (QED) is 0.771. The van der Waals surface area contributed by atoms with E-state index in [0.29, 0.717) is 6.61 Å². The first-order valence-corrected chi connectivity index (χ1v) is 9.38. The van der Waals surface area contributed by atoms with E-state index in [1.54, 1.807) is 0 Å². The lowest BCUT2D eigenvalue weighted by Crippen LogP contribution is -2.38. The molecule has 1 aromatic carbocycles. The van der Waals surface area contributed by atoms with Crippen LogP contribution < -0.4 is 4.90 Å². The normalized spacial score (nSPS) is 15.1. The lowest BCUT2D eigenvalue weighted by molar-refractivity contribution is -0.148. The number of aromatic nitrogens is 2.